The Morgan fingerprint density at radius 1 is 1.06 bits per heavy atom. The van der Waals surface area contributed by atoms with Gasteiger partial charge in [-0.05, 0) is 63.0 Å². The van der Waals surface area contributed by atoms with E-state index in [1.807, 2.05) is 11.8 Å². The minimum absolute atomic E-state index is 0. The molecule has 0 spiro atoms. The van der Waals surface area contributed by atoms with Gasteiger partial charge in [-0.25, -0.2) is 0 Å². The molecule has 6 heteroatoms. The number of fused-ring (bicyclic) bond motifs is 2. The van der Waals surface area contributed by atoms with Crippen molar-refractivity contribution < 1.29 is 0 Å². The number of thiocarbonyl (C=S) groups is 1. The highest BCUT2D eigenvalue weighted by Gasteiger charge is 2.29. The Labute approximate surface area is 203 Å². The summed E-state index contributed by atoms with van der Waals surface area (Å²) in [5, 5.41) is 3.48. The lowest BCUT2D eigenvalue weighted by Gasteiger charge is -2.39. The van der Waals surface area contributed by atoms with Gasteiger partial charge in [-0.3, -0.25) is 0 Å². The minimum Gasteiger partial charge on any atom is -0.376 e. The fourth-order valence-electron chi connectivity index (χ4n) is 4.33. The molecule has 1 N–H and O–H groups in total. The van der Waals surface area contributed by atoms with Gasteiger partial charge in [0.05, 0.1) is 11.4 Å². The molecule has 0 saturated carbocycles. The van der Waals surface area contributed by atoms with Crippen LogP contribution in [0.3, 0.4) is 0 Å². The fraction of sp³-hybridized carbons (Fsp3) is 0.480. The third-order valence-corrected chi connectivity index (χ3v) is 7.81. The second-order valence-corrected chi connectivity index (χ2v) is 10.2. The lowest BCUT2D eigenvalue weighted by Crippen LogP contribution is -2.40. The molecule has 0 bridgehead atoms. The van der Waals surface area contributed by atoms with Gasteiger partial charge in [-0.2, -0.15) is 0 Å². The molecule has 2 aliphatic rings. The van der Waals surface area contributed by atoms with Gasteiger partial charge in [-0.15, -0.1) is 12.4 Å². The first-order chi connectivity index (χ1) is 14.6. The number of rotatable bonds is 7. The maximum atomic E-state index is 5.75. The van der Waals surface area contributed by atoms with Crippen molar-refractivity contribution >= 4 is 52.8 Å². The first kappa shape index (κ1) is 24.4. The minimum atomic E-state index is 0. The second-order valence-electron chi connectivity index (χ2n) is 8.70. The number of hydrogen-bond acceptors (Lipinski definition) is 4. The monoisotopic (exact) mass is 475 g/mol. The number of nitrogens with one attached hydrogen (secondary N) is 1. The Hall–Kier alpha value is -1.27. The van der Waals surface area contributed by atoms with Crippen molar-refractivity contribution in [2.45, 2.75) is 55.9 Å². The SMILES string of the molecule is CC[C@@H](C)CNC(=S)c1ccc2c(c1)N([C@H](C)CN1CCCC1)c1ccccc1S2.Cl. The third kappa shape index (κ3) is 5.57. The normalized spacial score (nSPS) is 17.3. The first-order valence-electron chi connectivity index (χ1n) is 11.3. The summed E-state index contributed by atoms with van der Waals surface area (Å²) in [5.41, 5.74) is 3.72. The van der Waals surface area contributed by atoms with Crippen LogP contribution in [0.4, 0.5) is 11.4 Å². The highest BCUT2D eigenvalue weighted by Crippen LogP contribution is 2.49. The van der Waals surface area contributed by atoms with Crippen LogP contribution in [0.2, 0.25) is 0 Å². The lowest BCUT2D eigenvalue weighted by molar-refractivity contribution is 0.319. The summed E-state index contributed by atoms with van der Waals surface area (Å²) < 4.78 is 0. The van der Waals surface area contributed by atoms with Gasteiger partial charge in [0.25, 0.3) is 0 Å². The summed E-state index contributed by atoms with van der Waals surface area (Å²) in [4.78, 5) is 8.66. The van der Waals surface area contributed by atoms with Gasteiger partial charge >= 0.3 is 0 Å². The molecule has 4 rings (SSSR count). The van der Waals surface area contributed by atoms with Gasteiger partial charge in [0.15, 0.2) is 0 Å². The van der Waals surface area contributed by atoms with Gasteiger partial charge in [0, 0.05) is 34.5 Å². The van der Waals surface area contributed by atoms with Crippen molar-refractivity contribution in [3.63, 3.8) is 0 Å². The largest absolute Gasteiger partial charge is 0.376 e. The van der Waals surface area contributed by atoms with E-state index >= 15 is 0 Å². The van der Waals surface area contributed by atoms with Crippen molar-refractivity contribution in [1.29, 1.82) is 0 Å². The summed E-state index contributed by atoms with van der Waals surface area (Å²) in [6, 6.07) is 15.9. The zero-order chi connectivity index (χ0) is 21.1. The third-order valence-electron chi connectivity index (χ3n) is 6.30. The molecular formula is C25H34ClN3S2. The van der Waals surface area contributed by atoms with Crippen LogP contribution in [-0.2, 0) is 0 Å². The Morgan fingerprint density at radius 3 is 2.52 bits per heavy atom. The maximum Gasteiger partial charge on any atom is 0.106 e. The second kappa shape index (κ2) is 11.0. The van der Waals surface area contributed by atoms with E-state index in [0.717, 1.165) is 30.1 Å². The Kier molecular flexibility index (Phi) is 8.68. The number of hydrogen-bond donors (Lipinski definition) is 1. The van der Waals surface area contributed by atoms with E-state index < -0.39 is 0 Å². The quantitative estimate of drug-likeness (QED) is 0.459. The number of nitrogens with zero attached hydrogens (tertiary/aromatic N) is 2. The molecule has 3 nitrogen and oxygen atoms in total. The number of benzene rings is 2. The predicted molar refractivity (Wildman–Crippen MR) is 141 cm³/mol. The molecule has 2 aliphatic heterocycles. The molecule has 0 radical (unpaired) electrons. The van der Waals surface area contributed by atoms with Crippen LogP contribution in [0.15, 0.2) is 52.3 Å². The summed E-state index contributed by atoms with van der Waals surface area (Å²) in [6.45, 7) is 11.3. The zero-order valence-corrected chi connectivity index (χ0v) is 21.2. The van der Waals surface area contributed by atoms with E-state index in [-0.39, 0.29) is 12.4 Å². The molecule has 1 saturated heterocycles. The van der Waals surface area contributed by atoms with Crippen molar-refractivity contribution in [3.05, 3.63) is 48.0 Å². The molecule has 2 aromatic rings. The highest BCUT2D eigenvalue weighted by molar-refractivity contribution is 7.99. The van der Waals surface area contributed by atoms with E-state index in [4.69, 9.17) is 12.2 Å². The van der Waals surface area contributed by atoms with E-state index in [1.54, 1.807) is 0 Å². The predicted octanol–water partition coefficient (Wildman–Crippen LogP) is 6.51. The maximum absolute atomic E-state index is 5.75. The number of anilines is 2. The van der Waals surface area contributed by atoms with Crippen molar-refractivity contribution in [2.24, 2.45) is 5.92 Å². The molecule has 0 aliphatic carbocycles. The molecule has 168 valence electrons. The fourth-order valence-corrected chi connectivity index (χ4v) is 5.60. The average molecular weight is 476 g/mol. The zero-order valence-electron chi connectivity index (χ0n) is 18.8. The number of likely N-dealkylation sites (tertiary alicyclic amines) is 1. The smallest absolute Gasteiger partial charge is 0.106 e. The van der Waals surface area contributed by atoms with E-state index in [9.17, 15) is 0 Å². The summed E-state index contributed by atoms with van der Waals surface area (Å²) in [6.07, 6.45) is 3.82. The topological polar surface area (TPSA) is 18.5 Å². The molecule has 31 heavy (non-hydrogen) atoms. The first-order valence-corrected chi connectivity index (χ1v) is 12.5. The van der Waals surface area contributed by atoms with E-state index in [0.29, 0.717) is 12.0 Å². The molecule has 1 fully saturated rings. The summed E-state index contributed by atoms with van der Waals surface area (Å²) >= 11 is 7.61. The molecule has 2 aromatic carbocycles. The Morgan fingerprint density at radius 2 is 1.77 bits per heavy atom. The average Bonchev–Trinajstić information content (AvgIpc) is 3.27. The lowest BCUT2D eigenvalue weighted by atomic mass is 10.1. The van der Waals surface area contributed by atoms with Crippen LogP contribution in [0.25, 0.3) is 0 Å². The molecule has 0 aromatic heterocycles. The van der Waals surface area contributed by atoms with Crippen LogP contribution in [0.5, 0.6) is 0 Å². The highest BCUT2D eigenvalue weighted by atomic mass is 35.5. The van der Waals surface area contributed by atoms with Crippen molar-refractivity contribution in [1.82, 2.24) is 10.2 Å². The van der Waals surface area contributed by atoms with Gasteiger partial charge in [0.1, 0.15) is 4.99 Å². The van der Waals surface area contributed by atoms with Crippen molar-refractivity contribution in [3.8, 4) is 0 Å². The van der Waals surface area contributed by atoms with Crippen molar-refractivity contribution in [2.75, 3.05) is 31.1 Å². The van der Waals surface area contributed by atoms with Gasteiger partial charge in [0.2, 0.25) is 0 Å². The molecule has 2 atom stereocenters. The van der Waals surface area contributed by atoms with Gasteiger partial charge in [-0.1, -0.05) is 62.4 Å². The van der Waals surface area contributed by atoms with Crippen LogP contribution in [0, 0.1) is 5.92 Å². The van der Waals surface area contributed by atoms with Crippen LogP contribution in [0.1, 0.15) is 45.6 Å². The summed E-state index contributed by atoms with van der Waals surface area (Å²) in [7, 11) is 0. The standard InChI is InChI=1S/C25H33N3S2.ClH/c1-4-18(2)16-26-25(29)20-11-12-24-22(15-20)28(19(3)17-27-13-7-8-14-27)21-9-5-6-10-23(21)30-24;/h5-6,9-12,15,18-19H,4,7-8,13-14,16-17H2,1-3H3,(H,26,29);1H/t18-,19-;/m1./s1. The number of halogens is 1. The van der Waals surface area contributed by atoms with E-state index in [2.05, 4.69) is 78.4 Å². The van der Waals surface area contributed by atoms with Gasteiger partial charge < -0.3 is 15.1 Å². The molecule has 2 heterocycles. The Bertz CT molecular complexity index is 898. The van der Waals surface area contributed by atoms with Crippen LogP contribution >= 0.6 is 36.4 Å². The Balaban J connectivity index is 0.00000272. The van der Waals surface area contributed by atoms with Crippen LogP contribution < -0.4 is 10.2 Å². The number of para-hydroxylation sites is 1. The van der Waals surface area contributed by atoms with E-state index in [1.165, 1.54) is 47.1 Å². The summed E-state index contributed by atoms with van der Waals surface area (Å²) in [5.74, 6) is 0.625. The van der Waals surface area contributed by atoms with Crippen LogP contribution in [-0.4, -0.2) is 42.1 Å². The molecule has 0 unspecified atom stereocenters. The molecular weight excluding hydrogens is 442 g/mol. The molecule has 0 amide bonds.